The molecule has 4 nitrogen and oxygen atoms in total. The van der Waals surface area contributed by atoms with Crippen molar-refractivity contribution in [1.29, 1.82) is 0 Å². The highest BCUT2D eigenvalue weighted by Gasteiger charge is 2.47. The van der Waals surface area contributed by atoms with Crippen LogP contribution in [0.5, 0.6) is 11.5 Å². The SMILES string of the molecule is FC(F)C(F)(F)Oc1cc2nc(C(Cl)(Cl)Cl)[nH]c2cc1OC(F)(F)C(F)F. The third-order valence-electron chi connectivity index (χ3n) is 2.82. The molecule has 0 saturated heterocycles. The van der Waals surface area contributed by atoms with E-state index in [1.54, 1.807) is 0 Å². The number of imidazole rings is 1. The van der Waals surface area contributed by atoms with Gasteiger partial charge in [0.15, 0.2) is 17.3 Å². The number of alkyl halides is 11. The highest BCUT2D eigenvalue weighted by atomic mass is 35.6. The normalized spacial score (nSPS) is 13.7. The Hall–Kier alpha value is -1.40. The first-order valence-corrected chi connectivity index (χ1v) is 7.58. The minimum Gasteiger partial charge on any atom is -0.424 e. The largest absolute Gasteiger partial charge is 0.461 e. The summed E-state index contributed by atoms with van der Waals surface area (Å²) >= 11 is 16.6. The zero-order chi connectivity index (χ0) is 20.8. The first-order valence-electron chi connectivity index (χ1n) is 6.44. The van der Waals surface area contributed by atoms with E-state index in [0.29, 0.717) is 12.1 Å². The van der Waals surface area contributed by atoms with Gasteiger partial charge in [0.05, 0.1) is 11.0 Å². The van der Waals surface area contributed by atoms with Crippen molar-refractivity contribution in [1.82, 2.24) is 9.97 Å². The lowest BCUT2D eigenvalue weighted by Gasteiger charge is -2.22. The van der Waals surface area contributed by atoms with E-state index in [1.165, 1.54) is 0 Å². The van der Waals surface area contributed by atoms with Gasteiger partial charge in [-0.2, -0.15) is 35.1 Å². The van der Waals surface area contributed by atoms with Gasteiger partial charge in [-0.3, -0.25) is 0 Å². The van der Waals surface area contributed by atoms with Crippen LogP contribution in [0.1, 0.15) is 5.82 Å². The maximum atomic E-state index is 13.1. The number of H-pyrrole nitrogens is 1. The summed E-state index contributed by atoms with van der Waals surface area (Å²) in [6.07, 6.45) is -19.0. The number of aromatic amines is 1. The molecule has 0 atom stereocenters. The van der Waals surface area contributed by atoms with Gasteiger partial charge >= 0.3 is 25.1 Å². The quantitative estimate of drug-likeness (QED) is 0.427. The van der Waals surface area contributed by atoms with Crippen LogP contribution in [0.15, 0.2) is 12.1 Å². The standard InChI is InChI=1S/C12H5Cl3F8N2O2/c13-10(14,15)9-24-3-1-5(26-11(20,21)7(16)17)6(2-4(3)25-9)27-12(22,23)8(18)19/h1-2,7-8H,(H,24,25). The Morgan fingerprint density at radius 1 is 0.852 bits per heavy atom. The number of nitrogens with one attached hydrogen (secondary N) is 1. The van der Waals surface area contributed by atoms with E-state index in [-0.39, 0.29) is 11.0 Å². The van der Waals surface area contributed by atoms with Gasteiger partial charge in [0.25, 0.3) is 0 Å². The molecule has 15 heteroatoms. The number of hydrogen-bond donors (Lipinski definition) is 1. The van der Waals surface area contributed by atoms with Gasteiger partial charge in [0, 0.05) is 12.1 Å². The molecule has 0 aliphatic carbocycles. The number of benzene rings is 1. The van der Waals surface area contributed by atoms with Crippen molar-refractivity contribution in [2.45, 2.75) is 28.9 Å². The third kappa shape index (κ3) is 4.91. The predicted molar refractivity (Wildman–Crippen MR) is 78.5 cm³/mol. The Kier molecular flexibility index (Phi) is 5.84. The van der Waals surface area contributed by atoms with Gasteiger partial charge in [-0.05, 0) is 0 Å². The van der Waals surface area contributed by atoms with Crippen LogP contribution in [-0.2, 0) is 3.79 Å². The Balaban J connectivity index is 2.59. The number of halogens is 11. The van der Waals surface area contributed by atoms with Crippen molar-refractivity contribution in [3.05, 3.63) is 18.0 Å². The van der Waals surface area contributed by atoms with Crippen molar-refractivity contribution in [2.24, 2.45) is 0 Å². The minimum absolute atomic E-state index is 0.288. The van der Waals surface area contributed by atoms with Gasteiger partial charge in [-0.25, -0.2) is 4.98 Å². The smallest absolute Gasteiger partial charge is 0.424 e. The van der Waals surface area contributed by atoms with Gasteiger partial charge in [0.1, 0.15) is 0 Å². The van der Waals surface area contributed by atoms with Crippen molar-refractivity contribution in [3.8, 4) is 11.5 Å². The summed E-state index contributed by atoms with van der Waals surface area (Å²) in [5.41, 5.74) is -0.645. The molecular formula is C12H5Cl3F8N2O2. The van der Waals surface area contributed by atoms with E-state index in [4.69, 9.17) is 34.8 Å². The molecule has 1 aromatic carbocycles. The Morgan fingerprint density at radius 3 is 1.70 bits per heavy atom. The highest BCUT2D eigenvalue weighted by Crippen LogP contribution is 2.42. The molecule has 0 saturated carbocycles. The summed E-state index contributed by atoms with van der Waals surface area (Å²) < 4.78 is 107. The summed E-state index contributed by atoms with van der Waals surface area (Å²) in [5.74, 6) is -3.24. The number of fused-ring (bicyclic) bond motifs is 1. The van der Waals surface area contributed by atoms with E-state index in [1.807, 2.05) is 0 Å². The van der Waals surface area contributed by atoms with Crippen molar-refractivity contribution >= 4 is 45.8 Å². The lowest BCUT2D eigenvalue weighted by molar-refractivity contribution is -0.264. The maximum Gasteiger partial charge on any atom is 0.461 e. The first kappa shape index (κ1) is 21.9. The lowest BCUT2D eigenvalue weighted by Crippen LogP contribution is -2.35. The van der Waals surface area contributed by atoms with Crippen LogP contribution in [0.3, 0.4) is 0 Å². The maximum absolute atomic E-state index is 13.1. The average Bonchev–Trinajstić information content (AvgIpc) is 2.89. The van der Waals surface area contributed by atoms with Crippen LogP contribution in [0.2, 0.25) is 0 Å². The number of rotatable bonds is 6. The number of aromatic nitrogens is 2. The zero-order valence-electron chi connectivity index (χ0n) is 12.2. The van der Waals surface area contributed by atoms with E-state index in [2.05, 4.69) is 19.4 Å². The number of nitrogens with zero attached hydrogens (tertiary/aromatic N) is 1. The van der Waals surface area contributed by atoms with Crippen LogP contribution in [-0.4, -0.2) is 35.0 Å². The Morgan fingerprint density at radius 2 is 1.30 bits per heavy atom. The fraction of sp³-hybridized carbons (Fsp3) is 0.417. The second-order valence-electron chi connectivity index (χ2n) is 4.83. The Labute approximate surface area is 159 Å². The van der Waals surface area contributed by atoms with Crippen LogP contribution in [0, 0.1) is 0 Å². The third-order valence-corrected chi connectivity index (χ3v) is 3.35. The molecule has 0 amide bonds. The molecule has 0 fully saturated rings. The van der Waals surface area contributed by atoms with E-state index in [0.717, 1.165) is 0 Å². The molecule has 0 unspecified atom stereocenters. The average molecular weight is 468 g/mol. The second kappa shape index (κ2) is 7.21. The lowest BCUT2D eigenvalue weighted by atomic mass is 10.2. The molecule has 0 aliphatic rings. The second-order valence-corrected chi connectivity index (χ2v) is 7.11. The molecule has 1 aromatic heterocycles. The van der Waals surface area contributed by atoms with Crippen LogP contribution in [0.25, 0.3) is 11.0 Å². The first-order chi connectivity index (χ1) is 12.1. The summed E-state index contributed by atoms with van der Waals surface area (Å²) in [5, 5.41) is 0. The van der Waals surface area contributed by atoms with E-state index >= 15 is 0 Å². The fourth-order valence-corrected chi connectivity index (χ4v) is 1.96. The Bertz CT molecular complexity index is 766. The van der Waals surface area contributed by atoms with Crippen molar-refractivity contribution < 1.29 is 44.6 Å². The topological polar surface area (TPSA) is 47.1 Å². The molecule has 2 rings (SSSR count). The minimum atomic E-state index is -5.15. The molecule has 2 aromatic rings. The summed E-state index contributed by atoms with van der Waals surface area (Å²) in [6, 6.07) is 0.911. The highest BCUT2D eigenvalue weighted by molar-refractivity contribution is 6.66. The number of ether oxygens (including phenoxy) is 2. The molecule has 152 valence electrons. The fourth-order valence-electron chi connectivity index (χ4n) is 1.69. The molecule has 1 N–H and O–H groups in total. The summed E-state index contributed by atoms with van der Waals surface area (Å²) in [6.45, 7) is 0. The zero-order valence-corrected chi connectivity index (χ0v) is 14.5. The summed E-state index contributed by atoms with van der Waals surface area (Å²) in [4.78, 5) is 5.93. The molecule has 0 aliphatic heterocycles. The van der Waals surface area contributed by atoms with Crippen LogP contribution in [0.4, 0.5) is 35.1 Å². The van der Waals surface area contributed by atoms with Gasteiger partial charge < -0.3 is 14.5 Å². The van der Waals surface area contributed by atoms with Crippen LogP contribution < -0.4 is 9.47 Å². The molecule has 0 spiro atoms. The number of hydrogen-bond acceptors (Lipinski definition) is 3. The predicted octanol–water partition coefficient (Wildman–Crippen LogP) is 5.86. The molecular weight excluding hydrogens is 462 g/mol. The van der Waals surface area contributed by atoms with Crippen LogP contribution >= 0.6 is 34.8 Å². The van der Waals surface area contributed by atoms with Gasteiger partial charge in [-0.1, -0.05) is 34.8 Å². The van der Waals surface area contributed by atoms with Gasteiger partial charge in [0.2, 0.25) is 3.79 Å². The van der Waals surface area contributed by atoms with Crippen molar-refractivity contribution in [3.63, 3.8) is 0 Å². The molecule has 0 bridgehead atoms. The van der Waals surface area contributed by atoms with E-state index < -0.39 is 46.2 Å². The summed E-state index contributed by atoms with van der Waals surface area (Å²) in [7, 11) is 0. The van der Waals surface area contributed by atoms with Crippen molar-refractivity contribution in [2.75, 3.05) is 0 Å². The molecule has 1 heterocycles. The van der Waals surface area contributed by atoms with Gasteiger partial charge in [-0.15, -0.1) is 0 Å². The molecule has 27 heavy (non-hydrogen) atoms. The van der Waals surface area contributed by atoms with E-state index in [9.17, 15) is 35.1 Å². The molecule has 0 radical (unpaired) electrons. The monoisotopic (exact) mass is 466 g/mol.